The summed E-state index contributed by atoms with van der Waals surface area (Å²) < 4.78 is 38.2. The number of nitrogen functional groups attached to an aromatic ring is 1. The van der Waals surface area contributed by atoms with Gasteiger partial charge in [0, 0.05) is 17.1 Å². The van der Waals surface area contributed by atoms with Gasteiger partial charge in [-0.05, 0) is 25.1 Å². The van der Waals surface area contributed by atoms with Gasteiger partial charge in [-0.15, -0.1) is 0 Å². The molecular weight excluding hydrogens is 276 g/mol. The van der Waals surface area contributed by atoms with E-state index in [-0.39, 0.29) is 11.5 Å². The Hall–Kier alpha value is -1.96. The Bertz CT molecular complexity index is 563. The molecule has 0 aliphatic carbocycles. The van der Waals surface area contributed by atoms with Gasteiger partial charge in [0.25, 0.3) is 0 Å². The van der Waals surface area contributed by atoms with E-state index >= 15 is 0 Å². The first-order valence-corrected chi connectivity index (χ1v) is 6.18. The molecule has 0 radical (unpaired) electrons. The zero-order valence-corrected chi connectivity index (χ0v) is 10.8. The van der Waals surface area contributed by atoms with E-state index in [1.54, 1.807) is 19.1 Å². The summed E-state index contributed by atoms with van der Waals surface area (Å²) in [5.74, 6) is 0.615. The smallest absolute Gasteiger partial charge is 0.387 e. The van der Waals surface area contributed by atoms with Gasteiger partial charge in [-0.1, -0.05) is 0 Å². The van der Waals surface area contributed by atoms with Crippen molar-refractivity contribution in [3.8, 4) is 22.9 Å². The molecule has 19 heavy (non-hydrogen) atoms. The van der Waals surface area contributed by atoms with Gasteiger partial charge in [-0.2, -0.15) is 18.1 Å². The van der Waals surface area contributed by atoms with Crippen LogP contribution in [-0.2, 0) is 0 Å². The molecule has 1 heterocycles. The molecule has 0 saturated carbocycles. The third-order valence-electron chi connectivity index (χ3n) is 2.16. The highest BCUT2D eigenvalue weighted by atomic mass is 32.1. The second kappa shape index (κ2) is 5.79. The Labute approximate surface area is 112 Å². The molecule has 0 fully saturated rings. The van der Waals surface area contributed by atoms with E-state index < -0.39 is 6.61 Å². The maximum Gasteiger partial charge on any atom is 0.387 e. The lowest BCUT2D eigenvalue weighted by molar-refractivity contribution is -0.0514. The fraction of sp³-hybridized carbons (Fsp3) is 0.273. The van der Waals surface area contributed by atoms with E-state index in [2.05, 4.69) is 14.1 Å². The van der Waals surface area contributed by atoms with Crippen molar-refractivity contribution in [3.63, 3.8) is 0 Å². The molecule has 0 aliphatic rings. The minimum absolute atomic E-state index is 0.0243. The number of hydrogen-bond acceptors (Lipinski definition) is 6. The lowest BCUT2D eigenvalue weighted by Crippen LogP contribution is -2.04. The SMILES string of the molecule is CCOc1cc(-c2nsc(N)n2)ccc1OC(F)F. The van der Waals surface area contributed by atoms with E-state index in [9.17, 15) is 8.78 Å². The van der Waals surface area contributed by atoms with E-state index in [1.165, 1.54) is 6.07 Å². The van der Waals surface area contributed by atoms with Gasteiger partial charge in [0.2, 0.25) is 0 Å². The number of nitrogens with two attached hydrogens (primary N) is 1. The fourth-order valence-electron chi connectivity index (χ4n) is 1.46. The Morgan fingerprint density at radius 1 is 1.37 bits per heavy atom. The Kier molecular flexibility index (Phi) is 4.10. The molecular formula is C11H11F2N3O2S. The quantitative estimate of drug-likeness (QED) is 0.915. The molecule has 0 aliphatic heterocycles. The van der Waals surface area contributed by atoms with Crippen molar-refractivity contribution in [3.05, 3.63) is 18.2 Å². The Morgan fingerprint density at radius 3 is 2.74 bits per heavy atom. The van der Waals surface area contributed by atoms with Crippen LogP contribution in [-0.4, -0.2) is 22.6 Å². The number of aromatic nitrogens is 2. The summed E-state index contributed by atoms with van der Waals surface area (Å²) in [5.41, 5.74) is 6.12. The lowest BCUT2D eigenvalue weighted by atomic mass is 10.2. The maximum absolute atomic E-state index is 12.3. The van der Waals surface area contributed by atoms with Crippen LogP contribution in [0, 0.1) is 0 Å². The van der Waals surface area contributed by atoms with Crippen LogP contribution in [0.1, 0.15) is 6.92 Å². The van der Waals surface area contributed by atoms with E-state index in [1.807, 2.05) is 0 Å². The van der Waals surface area contributed by atoms with Gasteiger partial charge in [-0.3, -0.25) is 0 Å². The summed E-state index contributed by atoms with van der Waals surface area (Å²) in [7, 11) is 0. The van der Waals surface area contributed by atoms with Crippen molar-refractivity contribution < 1.29 is 18.3 Å². The van der Waals surface area contributed by atoms with Crippen LogP contribution in [0.25, 0.3) is 11.4 Å². The third-order valence-corrected chi connectivity index (χ3v) is 2.70. The number of halogens is 2. The highest BCUT2D eigenvalue weighted by molar-refractivity contribution is 7.09. The van der Waals surface area contributed by atoms with Crippen LogP contribution in [0.15, 0.2) is 18.2 Å². The minimum Gasteiger partial charge on any atom is -0.490 e. The second-order valence-corrected chi connectivity index (χ2v) is 4.21. The van der Waals surface area contributed by atoms with Crippen LogP contribution in [0.3, 0.4) is 0 Å². The molecule has 0 bridgehead atoms. The maximum atomic E-state index is 12.3. The fourth-order valence-corrected chi connectivity index (χ4v) is 1.91. The van der Waals surface area contributed by atoms with Crippen LogP contribution >= 0.6 is 11.5 Å². The van der Waals surface area contributed by atoms with Crippen molar-refractivity contribution in [1.82, 2.24) is 9.36 Å². The lowest BCUT2D eigenvalue weighted by Gasteiger charge is -2.11. The van der Waals surface area contributed by atoms with Gasteiger partial charge in [0.05, 0.1) is 6.61 Å². The largest absolute Gasteiger partial charge is 0.490 e. The zero-order valence-electron chi connectivity index (χ0n) is 9.97. The minimum atomic E-state index is -2.90. The van der Waals surface area contributed by atoms with Crippen LogP contribution in [0.2, 0.25) is 0 Å². The number of hydrogen-bond donors (Lipinski definition) is 1. The molecule has 2 rings (SSSR count). The standard InChI is InChI=1S/C11H11F2N3O2S/c1-2-17-8-5-6(9-15-11(14)19-16-9)3-4-7(8)18-10(12)13/h3-5,10H,2H2,1H3,(H2,14,15,16). The highest BCUT2D eigenvalue weighted by Gasteiger charge is 2.13. The summed E-state index contributed by atoms with van der Waals surface area (Å²) in [4.78, 5) is 4.01. The average Bonchev–Trinajstić information content (AvgIpc) is 2.78. The molecule has 2 N–H and O–H groups in total. The summed E-state index contributed by atoms with van der Waals surface area (Å²) in [5, 5.41) is 0.334. The van der Waals surface area contributed by atoms with E-state index in [4.69, 9.17) is 10.5 Å². The molecule has 0 amide bonds. The molecule has 1 aromatic heterocycles. The van der Waals surface area contributed by atoms with Gasteiger partial charge in [0.1, 0.15) is 0 Å². The van der Waals surface area contributed by atoms with Crippen LogP contribution in [0.4, 0.5) is 13.9 Å². The first-order chi connectivity index (χ1) is 9.10. The summed E-state index contributed by atoms with van der Waals surface area (Å²) in [6.07, 6.45) is 0. The monoisotopic (exact) mass is 287 g/mol. The van der Waals surface area contributed by atoms with Crippen LogP contribution in [0.5, 0.6) is 11.5 Å². The summed E-state index contributed by atoms with van der Waals surface area (Å²) in [6.45, 7) is -0.828. The van der Waals surface area contributed by atoms with Crippen molar-refractivity contribution in [2.45, 2.75) is 13.5 Å². The number of rotatable bonds is 5. The third kappa shape index (κ3) is 3.28. The highest BCUT2D eigenvalue weighted by Crippen LogP contribution is 2.33. The number of alkyl halides is 2. The number of anilines is 1. The molecule has 0 atom stereocenters. The number of benzene rings is 1. The number of nitrogens with zero attached hydrogens (tertiary/aromatic N) is 2. The molecule has 1 aromatic carbocycles. The van der Waals surface area contributed by atoms with Crippen molar-refractivity contribution >= 4 is 16.7 Å². The molecule has 2 aromatic rings. The van der Waals surface area contributed by atoms with Crippen LogP contribution < -0.4 is 15.2 Å². The van der Waals surface area contributed by atoms with Gasteiger partial charge >= 0.3 is 6.61 Å². The molecule has 8 heteroatoms. The van der Waals surface area contributed by atoms with Gasteiger partial charge < -0.3 is 15.2 Å². The molecule has 0 unspecified atom stereocenters. The average molecular weight is 287 g/mol. The summed E-state index contributed by atoms with van der Waals surface area (Å²) in [6, 6.07) is 4.51. The zero-order chi connectivity index (χ0) is 13.8. The number of ether oxygens (including phenoxy) is 2. The van der Waals surface area contributed by atoms with Crippen molar-refractivity contribution in [2.75, 3.05) is 12.3 Å². The summed E-state index contributed by atoms with van der Waals surface area (Å²) >= 11 is 1.06. The Balaban J connectivity index is 2.35. The Morgan fingerprint density at radius 2 is 2.16 bits per heavy atom. The normalized spacial score (nSPS) is 10.7. The molecule has 0 spiro atoms. The van der Waals surface area contributed by atoms with Crippen molar-refractivity contribution in [2.24, 2.45) is 0 Å². The van der Waals surface area contributed by atoms with Gasteiger partial charge in [-0.25, -0.2) is 0 Å². The predicted molar refractivity (Wildman–Crippen MR) is 67.6 cm³/mol. The molecule has 0 saturated heterocycles. The van der Waals surface area contributed by atoms with E-state index in [0.717, 1.165) is 11.5 Å². The first kappa shape index (κ1) is 13.5. The predicted octanol–water partition coefficient (Wildman–Crippen LogP) is 2.79. The molecule has 102 valence electrons. The van der Waals surface area contributed by atoms with Gasteiger partial charge in [0.15, 0.2) is 22.5 Å². The topological polar surface area (TPSA) is 70.3 Å². The first-order valence-electron chi connectivity index (χ1n) is 5.41. The second-order valence-electron chi connectivity index (χ2n) is 3.43. The van der Waals surface area contributed by atoms with E-state index in [0.29, 0.717) is 23.1 Å². The van der Waals surface area contributed by atoms with Crippen molar-refractivity contribution in [1.29, 1.82) is 0 Å². The molecule has 5 nitrogen and oxygen atoms in total.